The molecule has 1 aromatic heterocycles. The minimum Gasteiger partial charge on any atom is -0.495 e. The van der Waals surface area contributed by atoms with Crippen LogP contribution in [-0.2, 0) is 16.0 Å². The summed E-state index contributed by atoms with van der Waals surface area (Å²) in [5.74, 6) is 1.14. The topological polar surface area (TPSA) is 142 Å². The molecule has 12 heteroatoms. The van der Waals surface area contributed by atoms with E-state index in [9.17, 15) is 9.59 Å². The van der Waals surface area contributed by atoms with Gasteiger partial charge in [0.1, 0.15) is 11.8 Å². The van der Waals surface area contributed by atoms with E-state index < -0.39 is 6.03 Å². The van der Waals surface area contributed by atoms with Crippen molar-refractivity contribution in [3.8, 4) is 11.8 Å². The number of aromatic nitrogens is 2. The lowest BCUT2D eigenvalue weighted by Crippen LogP contribution is -2.49. The average Bonchev–Trinajstić information content (AvgIpc) is 3.73. The van der Waals surface area contributed by atoms with Gasteiger partial charge in [0, 0.05) is 30.6 Å². The molecule has 11 nitrogen and oxygen atoms in total. The first-order valence-electron chi connectivity index (χ1n) is 11.7. The molecule has 3 amide bonds. The van der Waals surface area contributed by atoms with Crippen LogP contribution in [0.1, 0.15) is 24.1 Å². The van der Waals surface area contributed by atoms with Crippen LogP contribution >= 0.6 is 11.6 Å². The summed E-state index contributed by atoms with van der Waals surface area (Å²) < 4.78 is 11.2. The third-order valence-electron chi connectivity index (χ3n) is 5.94. The van der Waals surface area contributed by atoms with E-state index in [0.717, 1.165) is 18.4 Å². The molecule has 1 saturated carbocycles. The molecule has 1 aliphatic heterocycles. The number of benzene rings is 1. The Morgan fingerprint density at radius 3 is 2.81 bits per heavy atom. The summed E-state index contributed by atoms with van der Waals surface area (Å²) in [5, 5.41) is 17.9. The Morgan fingerprint density at radius 2 is 2.11 bits per heavy atom. The van der Waals surface area contributed by atoms with Gasteiger partial charge < -0.3 is 25.0 Å². The van der Waals surface area contributed by atoms with E-state index in [1.807, 2.05) is 11.0 Å². The van der Waals surface area contributed by atoms with Gasteiger partial charge >= 0.3 is 6.03 Å². The molecule has 1 aliphatic carbocycles. The van der Waals surface area contributed by atoms with Crippen LogP contribution in [0.3, 0.4) is 0 Å². The minimum atomic E-state index is -0.556. The van der Waals surface area contributed by atoms with Crippen LogP contribution in [0.4, 0.5) is 16.3 Å². The molecule has 1 atom stereocenters. The van der Waals surface area contributed by atoms with Gasteiger partial charge in [-0.05, 0) is 43.5 Å². The number of rotatable bonds is 9. The lowest BCUT2D eigenvalue weighted by atomic mass is 10.1. The lowest BCUT2D eigenvalue weighted by Gasteiger charge is -2.33. The van der Waals surface area contributed by atoms with E-state index >= 15 is 0 Å². The number of anilines is 2. The summed E-state index contributed by atoms with van der Waals surface area (Å²) in [6, 6.07) is 4.72. The fraction of sp³-hybridized carbons (Fsp3) is 0.458. The number of methoxy groups -OCH3 is 1. The predicted octanol–water partition coefficient (Wildman–Crippen LogP) is 2.42. The van der Waals surface area contributed by atoms with Gasteiger partial charge in [-0.1, -0.05) is 11.6 Å². The number of nitriles is 1. The maximum Gasteiger partial charge on any atom is 0.325 e. The summed E-state index contributed by atoms with van der Waals surface area (Å²) in [7, 11) is 1.51. The molecule has 190 valence electrons. The number of nitrogens with zero attached hydrogens (tertiary/aromatic N) is 4. The fourth-order valence-electron chi connectivity index (χ4n) is 3.89. The van der Waals surface area contributed by atoms with Crippen LogP contribution in [0.2, 0.25) is 5.02 Å². The highest BCUT2D eigenvalue weighted by atomic mass is 35.5. The minimum absolute atomic E-state index is 0.0302. The Morgan fingerprint density at radius 1 is 1.28 bits per heavy atom. The Bertz CT molecular complexity index is 1130. The average molecular weight is 514 g/mol. The molecule has 2 aromatic rings. The van der Waals surface area contributed by atoms with Crippen molar-refractivity contribution in [3.05, 3.63) is 40.8 Å². The first-order chi connectivity index (χ1) is 17.5. The molecule has 2 fully saturated rings. The standard InChI is InChI=1S/C24H28ClN7O4/c1-35-21-8-16(4-5-27-12-18-14-32(6-7-36-18)23(33)15-2-3-15)19(25)9-20(21)30-24(34)31-22-13-28-17(10-26)11-29-22/h8-9,11,13,15,18,27H,2-7,12,14H2,1H3,(H2,29,30,31,34)/t18-/m0/s1. The Kier molecular flexibility index (Phi) is 8.53. The highest BCUT2D eigenvalue weighted by molar-refractivity contribution is 6.31. The highest BCUT2D eigenvalue weighted by Crippen LogP contribution is 2.32. The summed E-state index contributed by atoms with van der Waals surface area (Å²) in [5.41, 5.74) is 1.41. The Hall–Kier alpha value is -3.46. The predicted molar refractivity (Wildman–Crippen MR) is 133 cm³/mol. The first kappa shape index (κ1) is 25.6. The zero-order valence-electron chi connectivity index (χ0n) is 19.9. The molecule has 0 bridgehead atoms. The van der Waals surface area contributed by atoms with Crippen molar-refractivity contribution < 1.29 is 19.1 Å². The Balaban J connectivity index is 1.26. The number of halogens is 1. The van der Waals surface area contributed by atoms with E-state index in [-0.39, 0.29) is 29.4 Å². The van der Waals surface area contributed by atoms with Crippen molar-refractivity contribution in [3.63, 3.8) is 0 Å². The third-order valence-corrected chi connectivity index (χ3v) is 6.30. The number of hydrogen-bond donors (Lipinski definition) is 3. The van der Waals surface area contributed by atoms with Crippen molar-refractivity contribution in [1.82, 2.24) is 20.2 Å². The van der Waals surface area contributed by atoms with Crippen molar-refractivity contribution in [2.45, 2.75) is 25.4 Å². The summed E-state index contributed by atoms with van der Waals surface area (Å²) in [6.07, 6.45) is 5.18. The smallest absolute Gasteiger partial charge is 0.325 e. The fourth-order valence-corrected chi connectivity index (χ4v) is 4.15. The van der Waals surface area contributed by atoms with Gasteiger partial charge in [0.2, 0.25) is 5.91 Å². The van der Waals surface area contributed by atoms with Gasteiger partial charge in [-0.2, -0.15) is 5.26 Å². The molecule has 3 N–H and O–H groups in total. The second kappa shape index (κ2) is 12.0. The zero-order valence-corrected chi connectivity index (χ0v) is 20.7. The number of hydrogen-bond acceptors (Lipinski definition) is 8. The van der Waals surface area contributed by atoms with Crippen LogP contribution in [0.15, 0.2) is 24.5 Å². The molecular formula is C24H28ClN7O4. The second-order valence-corrected chi connectivity index (χ2v) is 9.03. The van der Waals surface area contributed by atoms with Gasteiger partial charge in [-0.3, -0.25) is 10.1 Å². The highest BCUT2D eigenvalue weighted by Gasteiger charge is 2.35. The number of amides is 3. The lowest BCUT2D eigenvalue weighted by molar-refractivity contribution is -0.139. The molecule has 36 heavy (non-hydrogen) atoms. The van der Waals surface area contributed by atoms with E-state index in [1.54, 1.807) is 12.1 Å². The normalized spacial score (nSPS) is 17.2. The molecule has 0 spiro atoms. The van der Waals surface area contributed by atoms with Crippen LogP contribution in [0.5, 0.6) is 5.75 Å². The van der Waals surface area contributed by atoms with Gasteiger partial charge in [0.25, 0.3) is 0 Å². The monoisotopic (exact) mass is 513 g/mol. The molecule has 0 unspecified atom stereocenters. The van der Waals surface area contributed by atoms with Gasteiger partial charge in [-0.25, -0.2) is 14.8 Å². The second-order valence-electron chi connectivity index (χ2n) is 8.63. The number of carbonyl (C=O) groups excluding carboxylic acids is 2. The van der Waals surface area contributed by atoms with Gasteiger partial charge in [-0.15, -0.1) is 0 Å². The van der Waals surface area contributed by atoms with Crippen molar-refractivity contribution in [2.24, 2.45) is 5.92 Å². The van der Waals surface area contributed by atoms with Crippen LogP contribution in [-0.4, -0.2) is 72.8 Å². The van der Waals surface area contributed by atoms with E-state index in [2.05, 4.69) is 25.9 Å². The maximum absolute atomic E-state index is 12.4. The van der Waals surface area contributed by atoms with Crippen molar-refractivity contribution in [1.29, 1.82) is 5.26 Å². The largest absolute Gasteiger partial charge is 0.495 e. The molecule has 2 aliphatic rings. The summed E-state index contributed by atoms with van der Waals surface area (Å²) >= 11 is 6.48. The number of ether oxygens (including phenoxy) is 2. The number of morpholine rings is 1. The first-order valence-corrected chi connectivity index (χ1v) is 12.1. The molecule has 4 rings (SSSR count). The molecule has 0 radical (unpaired) electrons. The van der Waals surface area contributed by atoms with Crippen LogP contribution < -0.4 is 20.7 Å². The molecule has 1 aromatic carbocycles. The number of nitrogens with one attached hydrogen (secondary N) is 3. The molecule has 2 heterocycles. The summed E-state index contributed by atoms with van der Waals surface area (Å²) in [4.78, 5) is 34.4. The van der Waals surface area contributed by atoms with Crippen LogP contribution in [0, 0.1) is 17.2 Å². The van der Waals surface area contributed by atoms with Crippen molar-refractivity contribution >= 4 is 35.0 Å². The Labute approximate surface area is 214 Å². The number of urea groups is 1. The SMILES string of the molecule is COc1cc(CCNC[C@H]2CN(C(=O)C3CC3)CCO2)c(Cl)cc1NC(=O)Nc1cnc(C#N)cn1. The van der Waals surface area contributed by atoms with E-state index in [0.29, 0.717) is 55.7 Å². The third kappa shape index (κ3) is 6.81. The van der Waals surface area contributed by atoms with Crippen molar-refractivity contribution in [2.75, 3.05) is 50.5 Å². The number of carbonyl (C=O) groups is 2. The quantitative estimate of drug-likeness (QED) is 0.434. The van der Waals surface area contributed by atoms with Gasteiger partial charge in [0.15, 0.2) is 11.5 Å². The van der Waals surface area contributed by atoms with Gasteiger partial charge in [0.05, 0.1) is 37.9 Å². The molecular weight excluding hydrogens is 486 g/mol. The zero-order chi connectivity index (χ0) is 25.5. The van der Waals surface area contributed by atoms with E-state index in [1.165, 1.54) is 19.5 Å². The molecule has 1 saturated heterocycles. The van der Waals surface area contributed by atoms with Crippen LogP contribution in [0.25, 0.3) is 0 Å². The maximum atomic E-state index is 12.4. The summed E-state index contributed by atoms with van der Waals surface area (Å²) in [6.45, 7) is 3.15. The van der Waals surface area contributed by atoms with E-state index in [4.69, 9.17) is 26.3 Å².